The average Bonchev–Trinajstić information content (AvgIpc) is 3.51. The molecule has 2 fully saturated rings. The zero-order valence-corrected chi connectivity index (χ0v) is 20.3. The van der Waals surface area contributed by atoms with Gasteiger partial charge in [-0.25, -0.2) is 9.78 Å². The van der Waals surface area contributed by atoms with E-state index in [0.717, 1.165) is 49.7 Å². The van der Waals surface area contributed by atoms with E-state index in [1.807, 2.05) is 28.8 Å². The molecule has 2 saturated heterocycles. The SMILES string of the molecule is C[C@H](O)c1nccn1CC1CN(c2ccc(C#Cc3ccc(CN4CCOCC4)cc3)cc2)C(=O)O1. The summed E-state index contributed by atoms with van der Waals surface area (Å²) in [5, 5.41) is 9.85. The Labute approximate surface area is 211 Å². The van der Waals surface area contributed by atoms with Gasteiger partial charge in [0.05, 0.1) is 26.3 Å². The van der Waals surface area contributed by atoms with Gasteiger partial charge in [0.25, 0.3) is 0 Å². The second kappa shape index (κ2) is 11.0. The molecule has 0 radical (unpaired) electrons. The van der Waals surface area contributed by atoms with Crippen molar-refractivity contribution in [3.05, 3.63) is 83.4 Å². The lowest BCUT2D eigenvalue weighted by Gasteiger charge is -2.26. The van der Waals surface area contributed by atoms with Crippen molar-refractivity contribution in [2.45, 2.75) is 32.2 Å². The third-order valence-corrected chi connectivity index (χ3v) is 6.39. The van der Waals surface area contributed by atoms with Gasteiger partial charge in [-0.2, -0.15) is 0 Å². The molecule has 8 nitrogen and oxygen atoms in total. The van der Waals surface area contributed by atoms with Crippen LogP contribution in [-0.2, 0) is 22.6 Å². The van der Waals surface area contributed by atoms with Gasteiger partial charge in [-0.15, -0.1) is 0 Å². The Morgan fingerprint density at radius 2 is 1.72 bits per heavy atom. The molecule has 3 heterocycles. The van der Waals surface area contributed by atoms with Crippen LogP contribution in [0.4, 0.5) is 10.5 Å². The highest BCUT2D eigenvalue weighted by Crippen LogP contribution is 2.23. The van der Waals surface area contributed by atoms with Crippen LogP contribution >= 0.6 is 0 Å². The van der Waals surface area contributed by atoms with Crippen LogP contribution in [0.2, 0.25) is 0 Å². The first-order valence-corrected chi connectivity index (χ1v) is 12.2. The second-order valence-electron chi connectivity index (χ2n) is 9.11. The third kappa shape index (κ3) is 5.77. The summed E-state index contributed by atoms with van der Waals surface area (Å²) in [4.78, 5) is 20.7. The molecule has 36 heavy (non-hydrogen) atoms. The van der Waals surface area contributed by atoms with E-state index in [1.165, 1.54) is 5.56 Å². The maximum Gasteiger partial charge on any atom is 0.414 e. The quantitative estimate of drug-likeness (QED) is 0.539. The molecule has 2 aliphatic heterocycles. The first-order chi connectivity index (χ1) is 17.5. The number of benzene rings is 2. The van der Waals surface area contributed by atoms with E-state index >= 15 is 0 Å². The van der Waals surface area contributed by atoms with E-state index in [9.17, 15) is 9.90 Å². The number of carbonyl (C=O) groups is 1. The molecule has 0 bridgehead atoms. The van der Waals surface area contributed by atoms with E-state index in [2.05, 4.69) is 46.0 Å². The first-order valence-electron chi connectivity index (χ1n) is 12.2. The molecule has 8 heteroatoms. The lowest BCUT2D eigenvalue weighted by Crippen LogP contribution is -2.35. The summed E-state index contributed by atoms with van der Waals surface area (Å²) in [5.74, 6) is 6.97. The predicted molar refractivity (Wildman–Crippen MR) is 135 cm³/mol. The van der Waals surface area contributed by atoms with E-state index in [0.29, 0.717) is 18.9 Å². The van der Waals surface area contributed by atoms with Crippen molar-refractivity contribution in [3.63, 3.8) is 0 Å². The first kappa shape index (κ1) is 24.1. The molecule has 2 aliphatic rings. The highest BCUT2D eigenvalue weighted by Gasteiger charge is 2.33. The monoisotopic (exact) mass is 486 g/mol. The molecule has 186 valence electrons. The smallest absolute Gasteiger partial charge is 0.414 e. The number of hydrogen-bond acceptors (Lipinski definition) is 6. The number of hydrogen-bond donors (Lipinski definition) is 1. The van der Waals surface area contributed by atoms with Crippen LogP contribution in [0.3, 0.4) is 0 Å². The van der Waals surface area contributed by atoms with E-state index in [-0.39, 0.29) is 12.2 Å². The van der Waals surface area contributed by atoms with Crippen LogP contribution in [0.25, 0.3) is 0 Å². The number of anilines is 1. The van der Waals surface area contributed by atoms with Gasteiger partial charge in [-0.05, 0) is 48.9 Å². The number of aliphatic hydroxyl groups is 1. The maximum absolute atomic E-state index is 12.5. The number of nitrogens with zero attached hydrogens (tertiary/aromatic N) is 4. The number of carbonyl (C=O) groups excluding carboxylic acids is 1. The van der Waals surface area contributed by atoms with Crippen molar-refractivity contribution in [1.82, 2.24) is 14.5 Å². The Morgan fingerprint density at radius 3 is 2.39 bits per heavy atom. The molecular weight excluding hydrogens is 456 g/mol. The van der Waals surface area contributed by atoms with Crippen molar-refractivity contribution in [1.29, 1.82) is 0 Å². The van der Waals surface area contributed by atoms with Crippen LogP contribution in [-0.4, -0.2) is 64.6 Å². The summed E-state index contributed by atoms with van der Waals surface area (Å²) in [7, 11) is 0. The van der Waals surface area contributed by atoms with Gasteiger partial charge < -0.3 is 19.1 Å². The van der Waals surface area contributed by atoms with Gasteiger partial charge in [-0.1, -0.05) is 24.0 Å². The molecule has 5 rings (SSSR count). The van der Waals surface area contributed by atoms with Crippen LogP contribution in [0.15, 0.2) is 60.9 Å². The van der Waals surface area contributed by atoms with Gasteiger partial charge in [0.1, 0.15) is 18.0 Å². The van der Waals surface area contributed by atoms with Crippen LogP contribution in [0, 0.1) is 11.8 Å². The zero-order chi connectivity index (χ0) is 24.9. The molecule has 1 amide bonds. The molecule has 1 N–H and O–H groups in total. The predicted octanol–water partition coefficient (Wildman–Crippen LogP) is 3.19. The minimum atomic E-state index is -0.685. The summed E-state index contributed by atoms with van der Waals surface area (Å²) in [6, 6.07) is 16.0. The Kier molecular flexibility index (Phi) is 7.33. The Hall–Kier alpha value is -3.64. The van der Waals surface area contributed by atoms with Crippen molar-refractivity contribution >= 4 is 11.8 Å². The van der Waals surface area contributed by atoms with Crippen molar-refractivity contribution in [3.8, 4) is 11.8 Å². The number of aromatic nitrogens is 2. The fourth-order valence-corrected chi connectivity index (χ4v) is 4.47. The fraction of sp³-hybridized carbons (Fsp3) is 0.357. The Balaban J connectivity index is 1.18. The second-order valence-corrected chi connectivity index (χ2v) is 9.11. The summed E-state index contributed by atoms with van der Waals surface area (Å²) >= 11 is 0. The van der Waals surface area contributed by atoms with Gasteiger partial charge >= 0.3 is 6.09 Å². The molecule has 0 spiro atoms. The van der Waals surface area contributed by atoms with Crippen LogP contribution < -0.4 is 4.90 Å². The number of amides is 1. The minimum Gasteiger partial charge on any atom is -0.442 e. The fourth-order valence-electron chi connectivity index (χ4n) is 4.47. The summed E-state index contributed by atoms with van der Waals surface area (Å²) in [6.07, 6.45) is 2.03. The number of imidazole rings is 1. The topological polar surface area (TPSA) is 80.1 Å². The summed E-state index contributed by atoms with van der Waals surface area (Å²) in [6.45, 7) is 7.02. The molecule has 0 aliphatic carbocycles. The standard InChI is InChI=1S/C28H30N4O4/c1-21(33)27-29-12-13-31(27)19-26-20-32(28(34)36-26)25-10-8-23(9-11-25)3-2-22-4-6-24(7-5-22)18-30-14-16-35-17-15-30/h4-13,21,26,33H,14-20H2,1H3/t21-,26?/m0/s1. The van der Waals surface area contributed by atoms with E-state index < -0.39 is 6.10 Å². The number of ether oxygens (including phenoxy) is 2. The zero-order valence-electron chi connectivity index (χ0n) is 20.3. The highest BCUT2D eigenvalue weighted by atomic mass is 16.6. The normalized spacial score (nSPS) is 19.0. The van der Waals surface area contributed by atoms with Crippen molar-refractivity contribution in [2.24, 2.45) is 0 Å². The molecule has 1 unspecified atom stereocenters. The number of rotatable bonds is 6. The van der Waals surface area contributed by atoms with Gasteiger partial charge in [0.15, 0.2) is 0 Å². The molecule has 3 aromatic rings. The van der Waals surface area contributed by atoms with Crippen LogP contribution in [0.5, 0.6) is 0 Å². The lowest BCUT2D eigenvalue weighted by atomic mass is 10.1. The Morgan fingerprint density at radius 1 is 1.06 bits per heavy atom. The molecule has 0 saturated carbocycles. The van der Waals surface area contributed by atoms with E-state index in [1.54, 1.807) is 24.2 Å². The lowest BCUT2D eigenvalue weighted by molar-refractivity contribution is 0.0342. The van der Waals surface area contributed by atoms with Crippen molar-refractivity contribution < 1.29 is 19.4 Å². The number of cyclic esters (lactones) is 1. The number of morpholine rings is 1. The third-order valence-electron chi connectivity index (χ3n) is 6.39. The number of aliphatic hydroxyl groups excluding tert-OH is 1. The van der Waals surface area contributed by atoms with E-state index in [4.69, 9.17) is 9.47 Å². The average molecular weight is 487 g/mol. The molecule has 2 aromatic carbocycles. The van der Waals surface area contributed by atoms with Gasteiger partial charge in [-0.3, -0.25) is 9.80 Å². The molecule has 1 aromatic heterocycles. The van der Waals surface area contributed by atoms with Gasteiger partial charge in [0, 0.05) is 48.8 Å². The molecular formula is C28H30N4O4. The Bertz CT molecular complexity index is 1240. The highest BCUT2D eigenvalue weighted by molar-refractivity contribution is 5.89. The van der Waals surface area contributed by atoms with Gasteiger partial charge in [0.2, 0.25) is 0 Å². The summed E-state index contributed by atoms with van der Waals surface area (Å²) in [5.41, 5.74) is 3.88. The maximum atomic E-state index is 12.5. The van der Waals surface area contributed by atoms with Crippen LogP contribution in [0.1, 0.15) is 35.5 Å². The largest absolute Gasteiger partial charge is 0.442 e. The minimum absolute atomic E-state index is 0.324. The van der Waals surface area contributed by atoms with Crippen molar-refractivity contribution in [2.75, 3.05) is 37.7 Å². The molecule has 2 atom stereocenters. The summed E-state index contributed by atoms with van der Waals surface area (Å²) < 4.78 is 12.8.